The van der Waals surface area contributed by atoms with Crippen LogP contribution >= 0.6 is 0 Å². The normalized spacial score (nSPS) is 25.2. The van der Waals surface area contributed by atoms with E-state index in [1.54, 1.807) is 0 Å². The van der Waals surface area contributed by atoms with Crippen LogP contribution in [0.5, 0.6) is 23.0 Å². The molecule has 0 saturated carbocycles. The zero-order valence-corrected chi connectivity index (χ0v) is 15.7. The molecule has 142 valence electrons. The van der Waals surface area contributed by atoms with Gasteiger partial charge in [0, 0.05) is 33.4 Å². The summed E-state index contributed by atoms with van der Waals surface area (Å²) in [5.41, 5.74) is 4.17. The first-order valence-electron chi connectivity index (χ1n) is 10.0. The van der Waals surface area contributed by atoms with E-state index in [0.717, 1.165) is 56.4 Å². The van der Waals surface area contributed by atoms with Crippen LogP contribution in [-0.4, -0.2) is 0 Å². The lowest BCUT2D eigenvalue weighted by atomic mass is 9.61. The third-order valence-corrected chi connectivity index (χ3v) is 6.78. The first-order valence-corrected chi connectivity index (χ1v) is 10.0. The van der Waals surface area contributed by atoms with E-state index < -0.39 is 11.2 Å². The molecular weight excluding hydrogens is 376 g/mol. The second-order valence-corrected chi connectivity index (χ2v) is 8.08. The predicted octanol–water partition coefficient (Wildman–Crippen LogP) is 5.76. The zero-order valence-electron chi connectivity index (χ0n) is 15.7. The van der Waals surface area contributed by atoms with Gasteiger partial charge >= 0.3 is 0 Å². The summed E-state index contributed by atoms with van der Waals surface area (Å²) in [7, 11) is 0. The average Bonchev–Trinajstić information content (AvgIpc) is 2.81. The predicted molar refractivity (Wildman–Crippen MR) is 108 cm³/mol. The highest BCUT2D eigenvalue weighted by atomic mass is 17.2. The number of hydrogen-bond donors (Lipinski definition) is 0. The van der Waals surface area contributed by atoms with Gasteiger partial charge in [0.15, 0.2) is 11.2 Å². The first-order chi connectivity index (χ1) is 14.8. The van der Waals surface area contributed by atoms with Crippen molar-refractivity contribution in [2.75, 3.05) is 0 Å². The topological polar surface area (TPSA) is 36.9 Å². The Bertz CT molecular complexity index is 1320. The molecule has 0 N–H and O–H groups in total. The molecule has 1 aliphatic carbocycles. The van der Waals surface area contributed by atoms with Crippen molar-refractivity contribution in [3.8, 4) is 23.0 Å². The molecule has 0 fully saturated rings. The standard InChI is InChI=1S/C26H14O4/c1-3-11-19-15(7-1)25-17-9-5-14-22-24(17)26(30-29-25,16-8-2-4-12-20(16)28-22)18-10-6-13-21(27-19)23(18)25/h1-14H. The smallest absolute Gasteiger partial charge is 0.187 e. The molecule has 4 nitrogen and oxygen atoms in total. The third kappa shape index (κ3) is 1.41. The van der Waals surface area contributed by atoms with E-state index in [1.807, 2.05) is 72.8 Å². The Hall–Kier alpha value is -3.60. The van der Waals surface area contributed by atoms with Crippen LogP contribution in [0, 0.1) is 0 Å². The summed E-state index contributed by atoms with van der Waals surface area (Å²) >= 11 is 0. The fourth-order valence-electron chi connectivity index (χ4n) is 5.69. The minimum atomic E-state index is -0.899. The van der Waals surface area contributed by atoms with Gasteiger partial charge < -0.3 is 9.47 Å². The Labute approximate surface area is 172 Å². The summed E-state index contributed by atoms with van der Waals surface area (Å²) in [5, 5.41) is 0. The molecule has 0 saturated heterocycles. The lowest BCUT2D eigenvalue weighted by molar-refractivity contribution is -0.411. The fourth-order valence-corrected chi connectivity index (χ4v) is 5.69. The Morgan fingerprint density at radius 2 is 0.800 bits per heavy atom. The van der Waals surface area contributed by atoms with Crippen molar-refractivity contribution in [2.45, 2.75) is 11.2 Å². The molecule has 2 atom stereocenters. The number of hydrogen-bond acceptors (Lipinski definition) is 4. The molecule has 4 heterocycles. The second kappa shape index (κ2) is 4.75. The fraction of sp³-hybridized carbons (Fsp3) is 0.0769. The summed E-state index contributed by atoms with van der Waals surface area (Å²) in [6, 6.07) is 28.3. The van der Waals surface area contributed by atoms with Gasteiger partial charge in [-0.05, 0) is 24.3 Å². The van der Waals surface area contributed by atoms with E-state index in [0.29, 0.717) is 0 Å². The van der Waals surface area contributed by atoms with Gasteiger partial charge in [-0.15, -0.1) is 0 Å². The van der Waals surface area contributed by atoms with Gasteiger partial charge in [0.1, 0.15) is 23.0 Å². The van der Waals surface area contributed by atoms with Gasteiger partial charge in [0.05, 0.1) is 0 Å². The van der Waals surface area contributed by atoms with Crippen LogP contribution in [0.4, 0.5) is 0 Å². The van der Waals surface area contributed by atoms with E-state index in [-0.39, 0.29) is 0 Å². The van der Waals surface area contributed by atoms with Crippen molar-refractivity contribution in [1.29, 1.82) is 0 Å². The largest absolute Gasteiger partial charge is 0.456 e. The molecule has 4 aromatic rings. The molecule has 4 aromatic carbocycles. The van der Waals surface area contributed by atoms with E-state index >= 15 is 0 Å². The number of ether oxygens (including phenoxy) is 2. The highest BCUT2D eigenvalue weighted by Crippen LogP contribution is 2.69. The molecule has 5 aliphatic rings. The van der Waals surface area contributed by atoms with Crippen molar-refractivity contribution in [1.82, 2.24) is 0 Å². The van der Waals surface area contributed by atoms with Crippen LogP contribution in [0.25, 0.3) is 0 Å². The van der Waals surface area contributed by atoms with Crippen LogP contribution in [0.1, 0.15) is 33.4 Å². The summed E-state index contributed by atoms with van der Waals surface area (Å²) in [4.78, 5) is 12.9. The number of benzene rings is 4. The van der Waals surface area contributed by atoms with Crippen LogP contribution in [-0.2, 0) is 21.0 Å². The van der Waals surface area contributed by atoms with E-state index in [9.17, 15) is 0 Å². The van der Waals surface area contributed by atoms with Crippen LogP contribution < -0.4 is 9.47 Å². The Kier molecular flexibility index (Phi) is 2.42. The minimum Gasteiger partial charge on any atom is -0.456 e. The molecule has 2 spiro atoms. The molecule has 2 bridgehead atoms. The summed E-state index contributed by atoms with van der Waals surface area (Å²) in [6.45, 7) is 0. The van der Waals surface area contributed by atoms with Crippen molar-refractivity contribution >= 4 is 0 Å². The molecule has 4 aliphatic heterocycles. The van der Waals surface area contributed by atoms with Crippen LogP contribution in [0.3, 0.4) is 0 Å². The molecule has 30 heavy (non-hydrogen) atoms. The number of para-hydroxylation sites is 2. The van der Waals surface area contributed by atoms with Gasteiger partial charge in [-0.1, -0.05) is 60.7 Å². The molecule has 0 radical (unpaired) electrons. The van der Waals surface area contributed by atoms with Gasteiger partial charge in [-0.25, -0.2) is 9.78 Å². The highest BCUT2D eigenvalue weighted by Gasteiger charge is 2.66. The van der Waals surface area contributed by atoms with Gasteiger partial charge in [0.25, 0.3) is 0 Å². The Balaban J connectivity index is 1.62. The number of rotatable bonds is 0. The second-order valence-electron chi connectivity index (χ2n) is 8.08. The highest BCUT2D eigenvalue weighted by molar-refractivity contribution is 5.77. The van der Waals surface area contributed by atoms with E-state index in [2.05, 4.69) is 12.1 Å². The molecule has 2 unspecified atom stereocenters. The molecular formula is C26H14O4. The van der Waals surface area contributed by atoms with Crippen molar-refractivity contribution < 1.29 is 19.2 Å². The van der Waals surface area contributed by atoms with Gasteiger partial charge in [0.2, 0.25) is 0 Å². The van der Waals surface area contributed by atoms with Crippen molar-refractivity contribution in [3.05, 3.63) is 118 Å². The van der Waals surface area contributed by atoms with Crippen LogP contribution in [0.15, 0.2) is 84.9 Å². The SMILES string of the molecule is c1ccc2c(c1)Oc1cccc3c1C21OOC32c3ccccc3Oc3cccc1c32. The average molecular weight is 390 g/mol. The monoisotopic (exact) mass is 390 g/mol. The molecule has 4 heteroatoms. The maximum Gasteiger partial charge on any atom is 0.187 e. The maximum atomic E-state index is 6.43. The van der Waals surface area contributed by atoms with Gasteiger partial charge in [-0.2, -0.15) is 0 Å². The van der Waals surface area contributed by atoms with Crippen molar-refractivity contribution in [2.24, 2.45) is 0 Å². The number of fused-ring (bicyclic) bond motifs is 3. The first kappa shape index (κ1) is 15.3. The molecule has 0 aromatic heterocycles. The van der Waals surface area contributed by atoms with E-state index in [1.165, 1.54) is 0 Å². The lowest BCUT2D eigenvalue weighted by Crippen LogP contribution is -2.55. The summed E-state index contributed by atoms with van der Waals surface area (Å²) in [6.07, 6.45) is 0. The maximum absolute atomic E-state index is 6.43. The lowest BCUT2D eigenvalue weighted by Gasteiger charge is -2.56. The zero-order chi connectivity index (χ0) is 19.5. The minimum absolute atomic E-state index is 0.773. The van der Waals surface area contributed by atoms with Gasteiger partial charge in [-0.3, -0.25) is 0 Å². The molecule has 0 amide bonds. The molecule has 9 rings (SSSR count). The van der Waals surface area contributed by atoms with Crippen molar-refractivity contribution in [3.63, 3.8) is 0 Å². The Morgan fingerprint density at radius 3 is 1.30 bits per heavy atom. The Morgan fingerprint density at radius 1 is 0.400 bits per heavy atom. The summed E-state index contributed by atoms with van der Waals surface area (Å²) < 4.78 is 12.7. The van der Waals surface area contributed by atoms with Crippen LogP contribution in [0.2, 0.25) is 0 Å². The van der Waals surface area contributed by atoms with E-state index in [4.69, 9.17) is 19.2 Å². The third-order valence-electron chi connectivity index (χ3n) is 6.78. The summed E-state index contributed by atoms with van der Waals surface area (Å²) in [5.74, 6) is 3.15. The quantitative estimate of drug-likeness (QED) is 0.358.